The summed E-state index contributed by atoms with van der Waals surface area (Å²) >= 11 is 0. The Balaban J connectivity index is 2.43. The second-order valence-corrected chi connectivity index (χ2v) is 4.14. The zero-order chi connectivity index (χ0) is 13.0. The van der Waals surface area contributed by atoms with Crippen LogP contribution in [0.25, 0.3) is 11.3 Å². The Bertz CT molecular complexity index is 540. The fourth-order valence-corrected chi connectivity index (χ4v) is 1.80. The van der Waals surface area contributed by atoms with Crippen LogP contribution < -0.4 is 5.32 Å². The van der Waals surface area contributed by atoms with Crippen LogP contribution in [0.3, 0.4) is 0 Å². The molecule has 94 valence electrons. The number of benzene rings is 1. The number of aryl methyl sites for hydroxylation is 1. The number of rotatable bonds is 4. The largest absolute Gasteiger partial charge is 0.368 e. The Kier molecular flexibility index (Phi) is 3.87. The van der Waals surface area contributed by atoms with Crippen LogP contribution in [0, 0.1) is 12.7 Å². The van der Waals surface area contributed by atoms with Crippen molar-refractivity contribution in [1.29, 1.82) is 0 Å². The molecule has 0 amide bonds. The van der Waals surface area contributed by atoms with Crippen molar-refractivity contribution in [1.82, 2.24) is 9.97 Å². The molecule has 0 aliphatic heterocycles. The molecule has 0 fully saturated rings. The lowest BCUT2D eigenvalue weighted by Crippen LogP contribution is -2.05. The zero-order valence-electron chi connectivity index (χ0n) is 10.6. The van der Waals surface area contributed by atoms with Crippen molar-refractivity contribution >= 4 is 5.82 Å². The van der Waals surface area contributed by atoms with Gasteiger partial charge in [0.05, 0.1) is 0 Å². The van der Waals surface area contributed by atoms with Gasteiger partial charge in [-0.15, -0.1) is 0 Å². The predicted octanol–water partition coefficient (Wildman–Crippen LogP) is 3.41. The molecule has 0 saturated carbocycles. The molecule has 1 N–H and O–H groups in total. The maximum atomic E-state index is 13.1. The third-order valence-electron chi connectivity index (χ3n) is 2.68. The summed E-state index contributed by atoms with van der Waals surface area (Å²) in [7, 11) is 0. The van der Waals surface area contributed by atoms with Crippen molar-refractivity contribution in [3.63, 3.8) is 0 Å². The number of hydrogen-bond donors (Lipinski definition) is 1. The highest BCUT2D eigenvalue weighted by Gasteiger charge is 2.10. The number of nitrogens with zero attached hydrogens (tertiary/aromatic N) is 2. The van der Waals surface area contributed by atoms with Crippen molar-refractivity contribution in [2.75, 3.05) is 11.9 Å². The summed E-state index contributed by atoms with van der Waals surface area (Å²) in [6.45, 7) is 4.80. The van der Waals surface area contributed by atoms with Gasteiger partial charge in [0.2, 0.25) is 0 Å². The number of nitrogens with one attached hydrogen (secondary N) is 1. The summed E-state index contributed by atoms with van der Waals surface area (Å²) in [4.78, 5) is 8.63. The lowest BCUT2D eigenvalue weighted by Gasteiger charge is -2.11. The van der Waals surface area contributed by atoms with Crippen LogP contribution in [0.15, 0.2) is 30.6 Å². The van der Waals surface area contributed by atoms with Crippen molar-refractivity contribution in [2.24, 2.45) is 0 Å². The molecule has 0 atom stereocenters. The molecule has 0 unspecified atom stereocenters. The van der Waals surface area contributed by atoms with E-state index in [9.17, 15) is 4.39 Å². The van der Waals surface area contributed by atoms with Crippen molar-refractivity contribution < 1.29 is 4.39 Å². The molecule has 1 heterocycles. The number of hydrogen-bond acceptors (Lipinski definition) is 3. The Morgan fingerprint density at radius 1 is 1.22 bits per heavy atom. The predicted molar refractivity (Wildman–Crippen MR) is 70.9 cm³/mol. The van der Waals surface area contributed by atoms with Crippen LogP contribution in [0.5, 0.6) is 0 Å². The van der Waals surface area contributed by atoms with Gasteiger partial charge < -0.3 is 5.32 Å². The third-order valence-corrected chi connectivity index (χ3v) is 2.68. The maximum absolute atomic E-state index is 13.1. The maximum Gasteiger partial charge on any atom is 0.152 e. The van der Waals surface area contributed by atoms with Gasteiger partial charge in [-0.3, -0.25) is 4.98 Å². The van der Waals surface area contributed by atoms with E-state index >= 15 is 0 Å². The Labute approximate surface area is 106 Å². The topological polar surface area (TPSA) is 37.8 Å². The Morgan fingerprint density at radius 2 is 2.00 bits per heavy atom. The summed E-state index contributed by atoms with van der Waals surface area (Å²) in [6.07, 6.45) is 4.31. The summed E-state index contributed by atoms with van der Waals surface area (Å²) in [6, 6.07) is 4.69. The minimum atomic E-state index is -0.233. The van der Waals surface area contributed by atoms with E-state index in [2.05, 4.69) is 22.2 Å². The fourth-order valence-electron chi connectivity index (χ4n) is 1.80. The molecule has 1 aromatic carbocycles. The zero-order valence-corrected chi connectivity index (χ0v) is 10.6. The molecule has 0 aliphatic carbocycles. The van der Waals surface area contributed by atoms with Gasteiger partial charge in [-0.25, -0.2) is 9.37 Å². The van der Waals surface area contributed by atoms with Gasteiger partial charge in [0.1, 0.15) is 11.5 Å². The van der Waals surface area contributed by atoms with Gasteiger partial charge in [0.25, 0.3) is 0 Å². The highest BCUT2D eigenvalue weighted by Crippen LogP contribution is 2.27. The van der Waals surface area contributed by atoms with E-state index in [4.69, 9.17) is 0 Å². The van der Waals surface area contributed by atoms with Crippen LogP contribution in [-0.2, 0) is 0 Å². The molecular weight excluding hydrogens is 229 g/mol. The molecule has 0 radical (unpaired) electrons. The van der Waals surface area contributed by atoms with Gasteiger partial charge in [-0.1, -0.05) is 6.92 Å². The smallest absolute Gasteiger partial charge is 0.152 e. The summed E-state index contributed by atoms with van der Waals surface area (Å²) in [5.41, 5.74) is 2.53. The first kappa shape index (κ1) is 12.5. The summed E-state index contributed by atoms with van der Waals surface area (Å²) in [5.74, 6) is 0.511. The van der Waals surface area contributed by atoms with Crippen LogP contribution in [0.4, 0.5) is 10.2 Å². The summed E-state index contributed by atoms with van der Waals surface area (Å²) < 4.78 is 13.1. The van der Waals surface area contributed by atoms with Gasteiger partial charge in [-0.05, 0) is 37.1 Å². The van der Waals surface area contributed by atoms with Gasteiger partial charge >= 0.3 is 0 Å². The molecule has 0 aliphatic rings. The SMILES string of the molecule is CCCNc1nccnc1-c1ccc(F)cc1C. The lowest BCUT2D eigenvalue weighted by atomic mass is 10.1. The second-order valence-electron chi connectivity index (χ2n) is 4.14. The fraction of sp³-hybridized carbons (Fsp3) is 0.286. The summed E-state index contributed by atoms with van der Waals surface area (Å²) in [5, 5.41) is 3.24. The van der Waals surface area contributed by atoms with Gasteiger partial charge in [0, 0.05) is 24.5 Å². The van der Waals surface area contributed by atoms with E-state index in [1.54, 1.807) is 18.5 Å². The molecule has 2 aromatic rings. The first-order valence-corrected chi connectivity index (χ1v) is 6.03. The van der Waals surface area contributed by atoms with E-state index in [1.165, 1.54) is 12.1 Å². The normalized spacial score (nSPS) is 10.4. The highest BCUT2D eigenvalue weighted by atomic mass is 19.1. The van der Waals surface area contributed by atoms with E-state index < -0.39 is 0 Å². The first-order valence-electron chi connectivity index (χ1n) is 6.03. The molecule has 4 heteroatoms. The monoisotopic (exact) mass is 245 g/mol. The van der Waals surface area contributed by atoms with Gasteiger partial charge in [0.15, 0.2) is 5.82 Å². The molecule has 3 nitrogen and oxygen atoms in total. The molecule has 0 saturated heterocycles. The minimum Gasteiger partial charge on any atom is -0.368 e. The van der Waals surface area contributed by atoms with Crippen LogP contribution in [0.1, 0.15) is 18.9 Å². The van der Waals surface area contributed by atoms with Crippen molar-refractivity contribution in [3.8, 4) is 11.3 Å². The molecule has 18 heavy (non-hydrogen) atoms. The number of halogens is 1. The van der Waals surface area contributed by atoms with Crippen molar-refractivity contribution in [2.45, 2.75) is 20.3 Å². The van der Waals surface area contributed by atoms with Crippen molar-refractivity contribution in [3.05, 3.63) is 42.0 Å². The third kappa shape index (κ3) is 2.64. The van der Waals surface area contributed by atoms with E-state index in [-0.39, 0.29) is 5.82 Å². The molecular formula is C14H16FN3. The first-order chi connectivity index (χ1) is 8.72. The van der Waals surface area contributed by atoms with E-state index in [0.717, 1.165) is 35.6 Å². The molecule has 1 aromatic heterocycles. The van der Waals surface area contributed by atoms with Crippen LogP contribution in [0.2, 0.25) is 0 Å². The average molecular weight is 245 g/mol. The van der Waals surface area contributed by atoms with Crippen LogP contribution >= 0.6 is 0 Å². The minimum absolute atomic E-state index is 0.233. The Morgan fingerprint density at radius 3 is 2.72 bits per heavy atom. The molecule has 0 spiro atoms. The quantitative estimate of drug-likeness (QED) is 0.897. The van der Waals surface area contributed by atoms with E-state index in [1.807, 2.05) is 6.92 Å². The molecule has 2 rings (SSSR count). The van der Waals surface area contributed by atoms with Gasteiger partial charge in [-0.2, -0.15) is 0 Å². The lowest BCUT2D eigenvalue weighted by molar-refractivity contribution is 0.627. The molecule has 0 bridgehead atoms. The number of anilines is 1. The average Bonchev–Trinajstić information content (AvgIpc) is 2.37. The van der Waals surface area contributed by atoms with Crippen LogP contribution in [-0.4, -0.2) is 16.5 Å². The standard InChI is InChI=1S/C14H16FN3/c1-3-6-17-14-13(16-7-8-18-14)12-5-4-11(15)9-10(12)2/h4-5,7-9H,3,6H2,1-2H3,(H,17,18). The highest BCUT2D eigenvalue weighted by molar-refractivity contribution is 5.73. The van der Waals surface area contributed by atoms with E-state index in [0.29, 0.717) is 0 Å². The number of aromatic nitrogens is 2. The second kappa shape index (κ2) is 5.58. The Hall–Kier alpha value is -1.97.